The Kier molecular flexibility index (Phi) is 16.0. The first-order chi connectivity index (χ1) is 17.6. The van der Waals surface area contributed by atoms with Crippen molar-refractivity contribution in [1.82, 2.24) is 0 Å². The van der Waals surface area contributed by atoms with Gasteiger partial charge in [0, 0.05) is 43.3 Å². The summed E-state index contributed by atoms with van der Waals surface area (Å²) in [6.07, 6.45) is 4.18. The summed E-state index contributed by atoms with van der Waals surface area (Å²) in [5, 5.41) is 0. The van der Waals surface area contributed by atoms with Crippen molar-refractivity contribution in [2.45, 2.75) is 94.7 Å². The van der Waals surface area contributed by atoms with Crippen LogP contribution >= 0.6 is 75.5 Å². The van der Waals surface area contributed by atoms with E-state index < -0.39 is 0 Å². The lowest BCUT2D eigenvalue weighted by molar-refractivity contribution is 0.0847. The van der Waals surface area contributed by atoms with Crippen LogP contribution in [0.25, 0.3) is 0 Å². The molecule has 0 aliphatic rings. The molecule has 2 nitrogen and oxygen atoms in total. The van der Waals surface area contributed by atoms with Gasteiger partial charge in [0.2, 0.25) is 0 Å². The van der Waals surface area contributed by atoms with Crippen LogP contribution in [0.4, 0.5) is 0 Å². The number of benzene rings is 2. The highest BCUT2D eigenvalue weighted by atomic mass is 79.9. The Morgan fingerprint density at radius 2 is 0.973 bits per heavy atom. The molecule has 2 rings (SSSR count). The van der Waals surface area contributed by atoms with Crippen molar-refractivity contribution in [2.24, 2.45) is 11.8 Å². The molecule has 0 aliphatic carbocycles. The van der Waals surface area contributed by atoms with E-state index in [0.29, 0.717) is 31.1 Å². The molecule has 0 bridgehead atoms. The first kappa shape index (κ1) is 33.8. The van der Waals surface area contributed by atoms with Gasteiger partial charge in [0.25, 0.3) is 0 Å². The second-order valence-electron chi connectivity index (χ2n) is 10.3. The van der Waals surface area contributed by atoms with Crippen LogP contribution in [-0.4, -0.2) is 45.7 Å². The van der Waals surface area contributed by atoms with Crippen LogP contribution in [0.15, 0.2) is 58.3 Å². The molecule has 0 saturated carbocycles. The zero-order valence-electron chi connectivity index (χ0n) is 22.8. The van der Waals surface area contributed by atoms with Gasteiger partial charge in [0.05, 0.1) is 12.2 Å². The fourth-order valence-corrected chi connectivity index (χ4v) is 7.77. The topological polar surface area (TPSA) is 18.5 Å². The number of methoxy groups -OCH3 is 2. The first-order valence-corrected chi connectivity index (χ1v) is 17.5. The van der Waals surface area contributed by atoms with Gasteiger partial charge in [-0.2, -0.15) is 0 Å². The van der Waals surface area contributed by atoms with Gasteiger partial charge in [-0.25, -0.2) is 0 Å². The van der Waals surface area contributed by atoms with Gasteiger partial charge in [-0.1, -0.05) is 140 Å². The summed E-state index contributed by atoms with van der Waals surface area (Å²) < 4.78 is 11.7. The van der Waals surface area contributed by atoms with Crippen LogP contribution in [0.2, 0.25) is 0 Å². The second kappa shape index (κ2) is 17.4. The Morgan fingerprint density at radius 3 is 1.30 bits per heavy atom. The first-order valence-electron chi connectivity index (χ1n) is 13.0. The molecular weight excluding hydrogens is 744 g/mol. The summed E-state index contributed by atoms with van der Waals surface area (Å²) in [6.45, 7) is 8.92. The summed E-state index contributed by atoms with van der Waals surface area (Å²) >= 11 is 17.5. The molecule has 0 radical (unpaired) electrons. The van der Waals surface area contributed by atoms with E-state index in [9.17, 15) is 0 Å². The lowest BCUT2D eigenvalue weighted by Crippen LogP contribution is -2.30. The minimum atomic E-state index is 0.173. The molecule has 0 heterocycles. The molecule has 6 atom stereocenters. The van der Waals surface area contributed by atoms with Crippen LogP contribution in [0.3, 0.4) is 0 Å². The molecule has 0 saturated heterocycles. The molecule has 6 unspecified atom stereocenters. The summed E-state index contributed by atoms with van der Waals surface area (Å²) in [4.78, 5) is 3.98. The van der Waals surface area contributed by atoms with E-state index in [2.05, 4.69) is 140 Å². The highest BCUT2D eigenvalue weighted by molar-refractivity contribution is 9.10. The predicted molar refractivity (Wildman–Crippen MR) is 176 cm³/mol. The molecule has 0 aliphatic heterocycles. The lowest BCUT2D eigenvalue weighted by atomic mass is 9.99. The average molecular weight is 786 g/mol. The van der Waals surface area contributed by atoms with Crippen LogP contribution < -0.4 is 0 Å². The monoisotopic (exact) mass is 782 g/mol. The molecule has 0 spiro atoms. The highest BCUT2D eigenvalue weighted by Gasteiger charge is 2.26. The third-order valence-electron chi connectivity index (χ3n) is 6.61. The third kappa shape index (κ3) is 11.2. The number of ether oxygens (including phenoxy) is 2. The molecule has 0 N–H and O–H groups in total. The second-order valence-corrected chi connectivity index (χ2v) is 16.1. The van der Waals surface area contributed by atoms with Gasteiger partial charge in [0.1, 0.15) is 0 Å². The Bertz CT molecular complexity index is 852. The molecule has 208 valence electrons. The van der Waals surface area contributed by atoms with Crippen molar-refractivity contribution in [3.63, 3.8) is 0 Å². The number of hydrogen-bond acceptors (Lipinski definition) is 3. The van der Waals surface area contributed by atoms with E-state index in [1.54, 1.807) is 0 Å². The fraction of sp³-hybridized carbons (Fsp3) is 0.600. The van der Waals surface area contributed by atoms with E-state index in [0.717, 1.165) is 25.7 Å². The van der Waals surface area contributed by atoms with Crippen LogP contribution in [-0.2, 0) is 22.3 Å². The van der Waals surface area contributed by atoms with Crippen molar-refractivity contribution in [1.29, 1.82) is 0 Å². The maximum Gasteiger partial charge on any atom is 0.0709 e. The van der Waals surface area contributed by atoms with Crippen LogP contribution in [0.5, 0.6) is 0 Å². The van der Waals surface area contributed by atoms with E-state index >= 15 is 0 Å². The van der Waals surface area contributed by atoms with Gasteiger partial charge in [0.15, 0.2) is 0 Å². The molecule has 2 aromatic rings. The third-order valence-corrected chi connectivity index (χ3v) is 12.5. The maximum absolute atomic E-state index is 5.83. The van der Waals surface area contributed by atoms with Crippen molar-refractivity contribution in [2.75, 3.05) is 14.2 Å². The average Bonchev–Trinajstić information content (AvgIpc) is 2.87. The standard InChI is InChI=1S/C30H42Br4O2S/c1-19(2)29(33)25(35-5)17-23(31)15-21-11-7-9-13-27(21)37-28-14-10-8-12-22(28)16-24(32)18-26(36-6)30(34)20(3)4/h7-14,19-20,23-26,29-30H,15-18H2,1-6H3. The van der Waals surface area contributed by atoms with Gasteiger partial charge in [-0.3, -0.25) is 0 Å². The minimum Gasteiger partial charge on any atom is -0.380 e. The number of alkyl halides is 4. The van der Waals surface area contributed by atoms with E-state index in [1.165, 1.54) is 20.9 Å². The number of rotatable bonds is 16. The zero-order chi connectivity index (χ0) is 27.5. The lowest BCUT2D eigenvalue weighted by Gasteiger charge is -2.27. The Labute approximate surface area is 263 Å². The van der Waals surface area contributed by atoms with Gasteiger partial charge < -0.3 is 9.47 Å². The molecule has 0 fully saturated rings. The fourth-order valence-electron chi connectivity index (χ4n) is 4.38. The summed E-state index contributed by atoms with van der Waals surface area (Å²) in [5.74, 6) is 1.04. The largest absolute Gasteiger partial charge is 0.380 e. The normalized spacial score (nSPS) is 17.0. The molecule has 0 amide bonds. The number of hydrogen-bond donors (Lipinski definition) is 0. The van der Waals surface area contributed by atoms with Crippen molar-refractivity contribution >= 4 is 75.5 Å². The maximum atomic E-state index is 5.83. The molecule has 37 heavy (non-hydrogen) atoms. The Balaban J connectivity index is 2.13. The van der Waals surface area contributed by atoms with E-state index in [1.807, 2.05) is 26.0 Å². The van der Waals surface area contributed by atoms with Crippen LogP contribution in [0.1, 0.15) is 51.7 Å². The van der Waals surface area contributed by atoms with Crippen LogP contribution in [0, 0.1) is 11.8 Å². The predicted octanol–water partition coefficient (Wildman–Crippen LogP) is 10.1. The Hall–Kier alpha value is 0.630. The highest BCUT2D eigenvalue weighted by Crippen LogP contribution is 2.36. The SMILES string of the molecule is COC(CC(Br)Cc1ccccc1Sc1ccccc1CC(Br)CC(OC)C(Br)C(C)C)C(Br)C(C)C. The smallest absolute Gasteiger partial charge is 0.0709 e. The van der Waals surface area contributed by atoms with Crippen molar-refractivity contribution < 1.29 is 9.47 Å². The van der Waals surface area contributed by atoms with E-state index in [-0.39, 0.29) is 12.2 Å². The van der Waals surface area contributed by atoms with Crippen molar-refractivity contribution in [3.8, 4) is 0 Å². The van der Waals surface area contributed by atoms with Crippen molar-refractivity contribution in [3.05, 3.63) is 59.7 Å². The van der Waals surface area contributed by atoms with E-state index in [4.69, 9.17) is 9.47 Å². The molecule has 0 aromatic heterocycles. The summed E-state index contributed by atoms with van der Waals surface area (Å²) in [6, 6.07) is 17.6. The zero-order valence-corrected chi connectivity index (χ0v) is 30.0. The van der Waals surface area contributed by atoms with Gasteiger partial charge >= 0.3 is 0 Å². The summed E-state index contributed by atoms with van der Waals surface area (Å²) in [5.41, 5.74) is 2.73. The summed E-state index contributed by atoms with van der Waals surface area (Å²) in [7, 11) is 3.63. The molecular formula is C30H42Br4O2S. The van der Waals surface area contributed by atoms with Gasteiger partial charge in [-0.15, -0.1) is 0 Å². The minimum absolute atomic E-state index is 0.173. The molecule has 2 aromatic carbocycles. The molecule has 7 heteroatoms. The number of halogens is 4. The quantitative estimate of drug-likeness (QED) is 0.158. The Morgan fingerprint density at radius 1 is 0.622 bits per heavy atom. The van der Waals surface area contributed by atoms with Gasteiger partial charge in [-0.05, 0) is 60.8 Å².